The summed E-state index contributed by atoms with van der Waals surface area (Å²) in [5.74, 6) is 0. The number of benzene rings is 1. The third-order valence-electron chi connectivity index (χ3n) is 2.73. The van der Waals surface area contributed by atoms with Crippen molar-refractivity contribution >= 4 is 16.1 Å². The van der Waals surface area contributed by atoms with Crippen LogP contribution in [0.2, 0.25) is 0 Å². The molecule has 0 spiro atoms. The number of aryl methyl sites for hydroxylation is 1. The number of ether oxygens (including phenoxy) is 1. The van der Waals surface area contributed by atoms with Crippen molar-refractivity contribution in [3.05, 3.63) is 64.9 Å². The zero-order valence-corrected chi connectivity index (χ0v) is 12.1. The molecule has 1 heterocycles. The lowest BCUT2D eigenvalue weighted by Gasteiger charge is -2.04. The zero-order chi connectivity index (χ0) is 14.6. The smallest absolute Gasteiger partial charge is 0.223 e. The minimum Gasteiger partial charge on any atom is -0.504 e. The molecule has 0 atom stereocenters. The molecule has 0 bridgehead atoms. The van der Waals surface area contributed by atoms with E-state index in [1.165, 1.54) is 25.7 Å². The van der Waals surface area contributed by atoms with Crippen molar-refractivity contribution in [2.75, 3.05) is 7.11 Å². The van der Waals surface area contributed by atoms with Crippen molar-refractivity contribution in [1.82, 2.24) is 0 Å². The van der Waals surface area contributed by atoms with Crippen LogP contribution >= 0.6 is 0 Å². The molecule has 1 aromatic carbocycles. The fourth-order valence-corrected chi connectivity index (χ4v) is 2.85. The largest absolute Gasteiger partial charge is 0.504 e. The summed E-state index contributed by atoms with van der Waals surface area (Å²) in [4.78, 5) is 4.27. The molecule has 1 aromatic rings. The average Bonchev–Trinajstić information content (AvgIpc) is 2.66. The van der Waals surface area contributed by atoms with Gasteiger partial charge in [0, 0.05) is 11.8 Å². The summed E-state index contributed by atoms with van der Waals surface area (Å²) in [6.45, 7) is 1.91. The Morgan fingerprint density at radius 2 is 1.90 bits per heavy atom. The molecule has 2 rings (SSSR count). The van der Waals surface area contributed by atoms with Gasteiger partial charge in [-0.2, -0.15) is 0 Å². The lowest BCUT2D eigenvalue weighted by atomic mass is 10.2. The van der Waals surface area contributed by atoms with Crippen molar-refractivity contribution in [3.63, 3.8) is 0 Å². The van der Waals surface area contributed by atoms with E-state index in [0.29, 0.717) is 5.57 Å². The van der Waals surface area contributed by atoms with Crippen LogP contribution < -0.4 is 0 Å². The van der Waals surface area contributed by atoms with Crippen molar-refractivity contribution in [2.24, 2.45) is 4.99 Å². The molecule has 0 fully saturated rings. The highest BCUT2D eigenvalue weighted by atomic mass is 32.2. The minimum atomic E-state index is -3.60. The van der Waals surface area contributed by atoms with Crippen molar-refractivity contribution < 1.29 is 13.2 Å². The van der Waals surface area contributed by atoms with Gasteiger partial charge >= 0.3 is 0 Å². The first kappa shape index (κ1) is 14.3. The topological polar surface area (TPSA) is 55.7 Å². The normalized spacial score (nSPS) is 16.9. The van der Waals surface area contributed by atoms with Crippen LogP contribution in [0.1, 0.15) is 5.56 Å². The fourth-order valence-electron chi connectivity index (χ4n) is 1.67. The molecule has 0 unspecified atom stereocenters. The van der Waals surface area contributed by atoms with E-state index in [4.69, 9.17) is 4.74 Å². The minimum absolute atomic E-state index is 0.0112. The second-order valence-electron chi connectivity index (χ2n) is 4.29. The van der Waals surface area contributed by atoms with Gasteiger partial charge in [-0.1, -0.05) is 29.8 Å². The number of aliphatic imine (C=N–C) groups is 1. The second-order valence-corrected chi connectivity index (χ2v) is 6.19. The van der Waals surface area contributed by atoms with Gasteiger partial charge < -0.3 is 4.74 Å². The first-order valence-electron chi connectivity index (χ1n) is 6.01. The highest BCUT2D eigenvalue weighted by Gasteiger charge is 2.20. The molecule has 0 N–H and O–H groups in total. The highest BCUT2D eigenvalue weighted by Crippen LogP contribution is 2.22. The van der Waals surface area contributed by atoms with Gasteiger partial charge in [0.2, 0.25) is 9.84 Å². The van der Waals surface area contributed by atoms with Gasteiger partial charge in [-0.3, -0.25) is 0 Å². The number of hydrogen-bond donors (Lipinski definition) is 0. The van der Waals surface area contributed by atoms with Crippen LogP contribution in [0, 0.1) is 6.92 Å². The molecular weight excluding hydrogens is 274 g/mol. The molecule has 0 saturated carbocycles. The molecule has 0 saturated heterocycles. The third kappa shape index (κ3) is 3.05. The van der Waals surface area contributed by atoms with Crippen LogP contribution in [-0.2, 0) is 14.6 Å². The monoisotopic (exact) mass is 289 g/mol. The number of nitrogens with zero attached hydrogens (tertiary/aromatic N) is 1. The highest BCUT2D eigenvalue weighted by molar-refractivity contribution is 7.95. The van der Waals surface area contributed by atoms with Gasteiger partial charge in [-0.25, -0.2) is 13.4 Å². The quantitative estimate of drug-likeness (QED) is 0.804. The van der Waals surface area contributed by atoms with Crippen LogP contribution in [0.5, 0.6) is 0 Å². The number of sulfone groups is 1. The van der Waals surface area contributed by atoms with E-state index in [1.807, 2.05) is 6.92 Å². The molecule has 0 aromatic heterocycles. The van der Waals surface area contributed by atoms with Crippen LogP contribution in [0.4, 0.5) is 0 Å². The van der Waals surface area contributed by atoms with E-state index in [1.54, 1.807) is 36.4 Å². The Hall–Kier alpha value is -2.14. The van der Waals surface area contributed by atoms with Crippen molar-refractivity contribution in [2.45, 2.75) is 11.8 Å². The summed E-state index contributed by atoms with van der Waals surface area (Å²) in [7, 11) is -2.07. The van der Waals surface area contributed by atoms with Crippen LogP contribution in [0.15, 0.2) is 69.2 Å². The van der Waals surface area contributed by atoms with Crippen LogP contribution in [0.25, 0.3) is 0 Å². The van der Waals surface area contributed by atoms with Crippen molar-refractivity contribution in [1.29, 1.82) is 0 Å². The summed E-state index contributed by atoms with van der Waals surface area (Å²) in [5, 5.41) is 0.0112. The van der Waals surface area contributed by atoms with Gasteiger partial charge in [-0.05, 0) is 25.1 Å². The Morgan fingerprint density at radius 3 is 2.55 bits per heavy atom. The van der Waals surface area contributed by atoms with E-state index < -0.39 is 9.84 Å². The zero-order valence-electron chi connectivity index (χ0n) is 11.3. The molecule has 1 aliphatic rings. The third-order valence-corrected chi connectivity index (χ3v) is 4.41. The average molecular weight is 289 g/mol. The molecule has 0 radical (unpaired) electrons. The molecular formula is C15H15NO3S. The first-order valence-corrected chi connectivity index (χ1v) is 7.49. The second kappa shape index (κ2) is 5.88. The number of hydrogen-bond acceptors (Lipinski definition) is 4. The van der Waals surface area contributed by atoms with E-state index in [-0.39, 0.29) is 9.92 Å². The Kier molecular flexibility index (Phi) is 4.20. The maximum Gasteiger partial charge on any atom is 0.223 e. The first-order chi connectivity index (χ1) is 9.54. The predicted octanol–water partition coefficient (Wildman–Crippen LogP) is 2.78. The summed E-state index contributed by atoms with van der Waals surface area (Å²) in [5.41, 5.74) is 1.70. The van der Waals surface area contributed by atoms with Gasteiger partial charge in [0.25, 0.3) is 0 Å². The Bertz CT molecular complexity index is 708. The molecule has 20 heavy (non-hydrogen) atoms. The van der Waals surface area contributed by atoms with Crippen molar-refractivity contribution in [3.8, 4) is 0 Å². The van der Waals surface area contributed by atoms with Gasteiger partial charge in [0.05, 0.1) is 18.3 Å². The maximum atomic E-state index is 12.4. The van der Waals surface area contributed by atoms with E-state index in [2.05, 4.69) is 4.99 Å². The van der Waals surface area contributed by atoms with E-state index in [0.717, 1.165) is 5.56 Å². The number of rotatable bonds is 3. The predicted molar refractivity (Wildman–Crippen MR) is 79.2 cm³/mol. The lowest BCUT2D eigenvalue weighted by Crippen LogP contribution is -2.03. The SMILES string of the molecule is COC=C1C=CC=C(S(=O)(=O)c2ccc(C)cc2)N=C1. The molecule has 0 aliphatic carbocycles. The molecule has 104 valence electrons. The Labute approximate surface area is 118 Å². The fraction of sp³-hybridized carbons (Fsp3) is 0.133. The number of methoxy groups -OCH3 is 1. The Balaban J connectivity index is 2.39. The summed E-state index contributed by atoms with van der Waals surface area (Å²) in [6.07, 6.45) is 7.80. The van der Waals surface area contributed by atoms with Gasteiger partial charge in [0.15, 0.2) is 5.03 Å². The molecule has 5 heteroatoms. The summed E-state index contributed by atoms with van der Waals surface area (Å²) >= 11 is 0. The van der Waals surface area contributed by atoms with Gasteiger partial charge in [-0.15, -0.1) is 0 Å². The van der Waals surface area contributed by atoms with Crippen LogP contribution in [-0.4, -0.2) is 21.7 Å². The standard InChI is InChI=1S/C15H15NO3S/c1-12-6-8-14(9-7-12)20(17,18)15-5-3-4-13(10-16-15)11-19-2/h3-11H,1-2H3. The summed E-state index contributed by atoms with van der Waals surface area (Å²) in [6, 6.07) is 6.70. The van der Waals surface area contributed by atoms with E-state index in [9.17, 15) is 8.42 Å². The van der Waals surface area contributed by atoms with Crippen LogP contribution in [0.3, 0.4) is 0 Å². The molecule has 4 nitrogen and oxygen atoms in total. The number of allylic oxidation sites excluding steroid dienone is 4. The summed E-state index contributed by atoms with van der Waals surface area (Å²) < 4.78 is 29.8. The molecule has 0 amide bonds. The van der Waals surface area contributed by atoms with Gasteiger partial charge in [0.1, 0.15) is 0 Å². The van der Waals surface area contributed by atoms with E-state index >= 15 is 0 Å². The molecule has 1 aliphatic heterocycles. The maximum absolute atomic E-state index is 12.4. The Morgan fingerprint density at radius 1 is 1.20 bits per heavy atom. The lowest BCUT2D eigenvalue weighted by molar-refractivity contribution is 0.337.